The van der Waals surface area contributed by atoms with Gasteiger partial charge in [-0.3, -0.25) is 0 Å². The normalized spacial score (nSPS) is 21.5. The maximum Gasteiger partial charge on any atom is 0.0101 e. The Morgan fingerprint density at radius 3 is 2.64 bits per heavy atom. The van der Waals surface area contributed by atoms with E-state index >= 15 is 0 Å². The summed E-state index contributed by atoms with van der Waals surface area (Å²) in [7, 11) is 0. The number of hydrogen-bond acceptors (Lipinski definition) is 1. The molecule has 0 spiro atoms. The summed E-state index contributed by atoms with van der Waals surface area (Å²) < 4.78 is 0. The van der Waals surface area contributed by atoms with Crippen LogP contribution in [0.15, 0.2) is 47.4 Å². The van der Waals surface area contributed by atoms with Crippen LogP contribution in [0, 0.1) is 0 Å². The maximum absolute atomic E-state index is 2.31. The molecule has 0 aromatic heterocycles. The zero-order valence-electron chi connectivity index (χ0n) is 8.31. The van der Waals surface area contributed by atoms with E-state index in [4.69, 9.17) is 0 Å². The molecule has 1 unspecified atom stereocenters. The summed E-state index contributed by atoms with van der Waals surface area (Å²) in [5, 5.41) is 0.755. The highest BCUT2D eigenvalue weighted by molar-refractivity contribution is 8.04. The second kappa shape index (κ2) is 4.52. The van der Waals surface area contributed by atoms with Crippen LogP contribution < -0.4 is 0 Å². The van der Waals surface area contributed by atoms with Crippen LogP contribution in [0.5, 0.6) is 0 Å². The van der Waals surface area contributed by atoms with Crippen molar-refractivity contribution in [2.45, 2.75) is 18.6 Å². The van der Waals surface area contributed by atoms with Gasteiger partial charge in [-0.25, -0.2) is 0 Å². The van der Waals surface area contributed by atoms with Crippen LogP contribution in [0.25, 0.3) is 6.08 Å². The van der Waals surface area contributed by atoms with E-state index in [9.17, 15) is 0 Å². The topological polar surface area (TPSA) is 0 Å². The highest BCUT2D eigenvalue weighted by Crippen LogP contribution is 2.32. The van der Waals surface area contributed by atoms with Crippen LogP contribution in [0.2, 0.25) is 0 Å². The number of hydrogen-bond donors (Lipinski definition) is 0. The van der Waals surface area contributed by atoms with E-state index in [1.165, 1.54) is 16.9 Å². The Bertz CT molecular complexity index is 349. The highest BCUT2D eigenvalue weighted by Gasteiger charge is 2.09. The molecule has 1 aromatic rings. The van der Waals surface area contributed by atoms with Crippen molar-refractivity contribution in [3.05, 3.63) is 53.0 Å². The summed E-state index contributed by atoms with van der Waals surface area (Å²) in [6, 6.07) is 10.4. The average Bonchev–Trinajstić information content (AvgIpc) is 2.63. The van der Waals surface area contributed by atoms with Gasteiger partial charge >= 0.3 is 0 Å². The highest BCUT2D eigenvalue weighted by atomic mass is 32.2. The molecule has 72 valence electrons. The van der Waals surface area contributed by atoms with E-state index in [1.54, 1.807) is 0 Å². The summed E-state index contributed by atoms with van der Waals surface area (Å²) in [6.07, 6.45) is 7.91. The van der Waals surface area contributed by atoms with Gasteiger partial charge < -0.3 is 0 Å². The van der Waals surface area contributed by atoms with E-state index in [-0.39, 0.29) is 0 Å². The minimum Gasteiger partial charge on any atom is -0.123 e. The molecule has 1 heterocycles. The lowest BCUT2D eigenvalue weighted by molar-refractivity contribution is 1.00. The Hall–Kier alpha value is -0.950. The molecular formula is C13H14S. The fourth-order valence-electron chi connectivity index (χ4n) is 1.46. The van der Waals surface area contributed by atoms with Crippen molar-refractivity contribution in [2.24, 2.45) is 0 Å². The molecule has 0 saturated carbocycles. The Morgan fingerprint density at radius 1 is 1.21 bits per heavy atom. The van der Waals surface area contributed by atoms with Crippen molar-refractivity contribution >= 4 is 17.8 Å². The van der Waals surface area contributed by atoms with Crippen molar-refractivity contribution in [1.29, 1.82) is 0 Å². The SMILES string of the molecule is CC1CC=C(/C=C/c2ccccc2)S1. The Labute approximate surface area is 89.7 Å². The number of rotatable bonds is 2. The van der Waals surface area contributed by atoms with E-state index in [2.05, 4.69) is 49.4 Å². The first-order valence-electron chi connectivity index (χ1n) is 4.94. The van der Waals surface area contributed by atoms with Crippen molar-refractivity contribution in [1.82, 2.24) is 0 Å². The van der Waals surface area contributed by atoms with Crippen molar-refractivity contribution in [2.75, 3.05) is 0 Å². The van der Waals surface area contributed by atoms with Gasteiger partial charge in [0.1, 0.15) is 0 Å². The van der Waals surface area contributed by atoms with E-state index in [1.807, 2.05) is 17.8 Å². The summed E-state index contributed by atoms with van der Waals surface area (Å²) in [5.74, 6) is 0. The molecule has 0 N–H and O–H groups in total. The fourth-order valence-corrected chi connectivity index (χ4v) is 2.46. The molecule has 0 bridgehead atoms. The van der Waals surface area contributed by atoms with E-state index in [0.717, 1.165) is 5.25 Å². The third-order valence-electron chi connectivity index (χ3n) is 2.23. The van der Waals surface area contributed by atoms with Gasteiger partial charge in [0.15, 0.2) is 0 Å². The number of benzene rings is 1. The summed E-state index contributed by atoms with van der Waals surface area (Å²) >= 11 is 1.96. The van der Waals surface area contributed by atoms with E-state index < -0.39 is 0 Å². The van der Waals surface area contributed by atoms with Crippen molar-refractivity contribution in [3.8, 4) is 0 Å². The van der Waals surface area contributed by atoms with Crippen LogP contribution in [-0.4, -0.2) is 5.25 Å². The lowest BCUT2D eigenvalue weighted by Gasteiger charge is -1.97. The molecule has 1 aliphatic rings. The number of thioether (sulfide) groups is 1. The Morgan fingerprint density at radius 2 is 2.00 bits per heavy atom. The molecule has 1 aliphatic heterocycles. The average molecular weight is 202 g/mol. The zero-order valence-corrected chi connectivity index (χ0v) is 9.13. The van der Waals surface area contributed by atoms with Crippen molar-refractivity contribution in [3.63, 3.8) is 0 Å². The van der Waals surface area contributed by atoms with Gasteiger partial charge in [0.2, 0.25) is 0 Å². The third kappa shape index (κ3) is 2.52. The van der Waals surface area contributed by atoms with Crippen LogP contribution in [0.4, 0.5) is 0 Å². The number of allylic oxidation sites excluding steroid dienone is 2. The molecule has 0 radical (unpaired) electrons. The largest absolute Gasteiger partial charge is 0.123 e. The molecule has 1 atom stereocenters. The molecule has 0 nitrogen and oxygen atoms in total. The molecule has 0 saturated heterocycles. The predicted octanol–water partition coefficient (Wildman–Crippen LogP) is 4.11. The minimum atomic E-state index is 0.755. The second-order valence-electron chi connectivity index (χ2n) is 3.51. The van der Waals surface area contributed by atoms with Gasteiger partial charge in [0.05, 0.1) is 0 Å². The van der Waals surface area contributed by atoms with Gasteiger partial charge in [-0.1, -0.05) is 49.4 Å². The summed E-state index contributed by atoms with van der Waals surface area (Å²) in [5.41, 5.74) is 1.27. The monoisotopic (exact) mass is 202 g/mol. The lowest BCUT2D eigenvalue weighted by atomic mass is 10.2. The Balaban J connectivity index is 2.01. The van der Waals surface area contributed by atoms with Crippen LogP contribution in [0.1, 0.15) is 18.9 Å². The van der Waals surface area contributed by atoms with Gasteiger partial charge in [0.25, 0.3) is 0 Å². The molecule has 0 aliphatic carbocycles. The smallest absolute Gasteiger partial charge is 0.0101 e. The van der Waals surface area contributed by atoms with Crippen LogP contribution in [-0.2, 0) is 0 Å². The van der Waals surface area contributed by atoms with Gasteiger partial charge in [-0.15, -0.1) is 11.8 Å². The fraction of sp³-hybridized carbons (Fsp3) is 0.231. The Kier molecular flexibility index (Phi) is 3.10. The predicted molar refractivity (Wildman–Crippen MR) is 65.2 cm³/mol. The van der Waals surface area contributed by atoms with Gasteiger partial charge in [-0.2, -0.15) is 0 Å². The lowest BCUT2D eigenvalue weighted by Crippen LogP contribution is -1.83. The minimum absolute atomic E-state index is 0.755. The first-order valence-corrected chi connectivity index (χ1v) is 5.82. The first-order chi connectivity index (χ1) is 6.84. The van der Waals surface area contributed by atoms with Crippen LogP contribution >= 0.6 is 11.8 Å². The molecule has 2 rings (SSSR count). The van der Waals surface area contributed by atoms with Gasteiger partial charge in [0, 0.05) is 10.2 Å². The zero-order chi connectivity index (χ0) is 9.80. The maximum atomic E-state index is 2.31. The van der Waals surface area contributed by atoms with Gasteiger partial charge in [-0.05, 0) is 18.1 Å². The molecule has 1 heteroatoms. The molecule has 14 heavy (non-hydrogen) atoms. The molecule has 0 amide bonds. The van der Waals surface area contributed by atoms with Crippen LogP contribution in [0.3, 0.4) is 0 Å². The quantitative estimate of drug-likeness (QED) is 0.695. The van der Waals surface area contributed by atoms with Crippen molar-refractivity contribution < 1.29 is 0 Å². The van der Waals surface area contributed by atoms with E-state index in [0.29, 0.717) is 0 Å². The standard InChI is InChI=1S/C13H14S/c1-11-7-9-13(14-11)10-8-12-5-3-2-4-6-12/h2-6,8-11H,7H2,1H3/b10-8+. The summed E-state index contributed by atoms with van der Waals surface area (Å²) in [6.45, 7) is 2.27. The second-order valence-corrected chi connectivity index (χ2v) is 5.03. The third-order valence-corrected chi connectivity index (χ3v) is 3.40. The molecular weight excluding hydrogens is 188 g/mol. The first kappa shape index (κ1) is 9.60. The molecule has 1 aromatic carbocycles. The molecule has 0 fully saturated rings. The summed E-state index contributed by atoms with van der Waals surface area (Å²) in [4.78, 5) is 1.40.